The van der Waals surface area contributed by atoms with E-state index in [1.807, 2.05) is 55.5 Å². The van der Waals surface area contributed by atoms with Gasteiger partial charge >= 0.3 is 0 Å². The molecule has 2 aromatic carbocycles. The molecule has 0 saturated carbocycles. The molecule has 2 N–H and O–H groups in total. The number of benzene rings is 2. The predicted molar refractivity (Wildman–Crippen MR) is 98.1 cm³/mol. The summed E-state index contributed by atoms with van der Waals surface area (Å²) >= 11 is 3.44. The van der Waals surface area contributed by atoms with Crippen molar-refractivity contribution in [3.8, 4) is 5.75 Å². The van der Waals surface area contributed by atoms with E-state index < -0.39 is 0 Å². The van der Waals surface area contributed by atoms with Gasteiger partial charge in [0.15, 0.2) is 0 Å². The molecule has 0 aliphatic carbocycles. The van der Waals surface area contributed by atoms with Crippen molar-refractivity contribution in [1.29, 1.82) is 0 Å². The zero-order valence-corrected chi connectivity index (χ0v) is 14.9. The maximum Gasteiger partial charge on any atom is 0.243 e. The molecule has 0 aromatic heterocycles. The van der Waals surface area contributed by atoms with Crippen LogP contribution in [-0.4, -0.2) is 18.6 Å². The monoisotopic (exact) mass is 376 g/mol. The first kappa shape index (κ1) is 17.3. The summed E-state index contributed by atoms with van der Waals surface area (Å²) in [4.78, 5) is 12.1. The number of hydrogen-bond acceptors (Lipinski definition) is 3. The van der Waals surface area contributed by atoms with Crippen LogP contribution in [0, 0.1) is 0 Å². The topological polar surface area (TPSA) is 50.4 Å². The van der Waals surface area contributed by atoms with E-state index >= 15 is 0 Å². The Morgan fingerprint density at radius 1 is 1.22 bits per heavy atom. The van der Waals surface area contributed by atoms with Crippen molar-refractivity contribution < 1.29 is 9.53 Å². The summed E-state index contributed by atoms with van der Waals surface area (Å²) in [5.41, 5.74) is 1.61. The Hall–Kier alpha value is -2.01. The maximum atomic E-state index is 12.1. The molecule has 0 spiro atoms. The third-order valence-electron chi connectivity index (χ3n) is 3.34. The van der Waals surface area contributed by atoms with Crippen molar-refractivity contribution in [3.63, 3.8) is 0 Å². The third kappa shape index (κ3) is 5.60. The maximum absolute atomic E-state index is 12.1. The van der Waals surface area contributed by atoms with Gasteiger partial charge in [-0.1, -0.05) is 25.1 Å². The number of amides is 1. The molecular formula is C18H21BrN2O2. The van der Waals surface area contributed by atoms with Gasteiger partial charge in [-0.3, -0.25) is 4.79 Å². The molecule has 0 aliphatic rings. The summed E-state index contributed by atoms with van der Waals surface area (Å²) in [6.45, 7) is 4.29. The lowest BCUT2D eigenvalue weighted by Crippen LogP contribution is -2.22. The van der Waals surface area contributed by atoms with E-state index in [1.165, 1.54) is 0 Å². The minimum atomic E-state index is -0.110. The zero-order chi connectivity index (χ0) is 16.7. The quantitative estimate of drug-likeness (QED) is 0.737. The third-order valence-corrected chi connectivity index (χ3v) is 4.03. The highest BCUT2D eigenvalue weighted by molar-refractivity contribution is 9.10. The normalized spacial score (nSPS) is 11.6. The summed E-state index contributed by atoms with van der Waals surface area (Å²) in [6, 6.07) is 15.1. The largest absolute Gasteiger partial charge is 0.491 e. The smallest absolute Gasteiger partial charge is 0.243 e. The molecule has 1 atom stereocenters. The van der Waals surface area contributed by atoms with E-state index in [0.29, 0.717) is 0 Å². The number of rotatable bonds is 7. The molecule has 2 rings (SSSR count). The van der Waals surface area contributed by atoms with Crippen LogP contribution in [-0.2, 0) is 4.79 Å². The molecule has 0 aliphatic heterocycles. The number of carbonyl (C=O) groups excluding carboxylic acids is 1. The first-order valence-corrected chi connectivity index (χ1v) is 8.42. The van der Waals surface area contributed by atoms with Gasteiger partial charge in [0.05, 0.1) is 12.6 Å². The fraction of sp³-hybridized carbons (Fsp3) is 0.278. The van der Waals surface area contributed by atoms with Crippen LogP contribution in [0.25, 0.3) is 0 Å². The number of nitrogens with one attached hydrogen (secondary N) is 2. The van der Waals surface area contributed by atoms with Crippen molar-refractivity contribution >= 4 is 33.2 Å². The number of anilines is 2. The standard InChI is InChI=1S/C18H21BrN2O2/c1-3-13(2)23-15-8-6-7-14(11-15)21-18(22)12-20-17-10-5-4-9-16(17)19/h4-11,13,20H,3,12H2,1-2H3,(H,21,22). The summed E-state index contributed by atoms with van der Waals surface area (Å²) < 4.78 is 6.69. The minimum Gasteiger partial charge on any atom is -0.491 e. The van der Waals surface area contributed by atoms with Gasteiger partial charge in [0.25, 0.3) is 0 Å². The second-order valence-electron chi connectivity index (χ2n) is 5.25. The van der Waals surface area contributed by atoms with Crippen LogP contribution in [0.5, 0.6) is 5.75 Å². The Morgan fingerprint density at radius 2 is 2.00 bits per heavy atom. The van der Waals surface area contributed by atoms with Gasteiger partial charge in [0.2, 0.25) is 5.91 Å². The summed E-state index contributed by atoms with van der Waals surface area (Å²) in [5, 5.41) is 5.97. The summed E-state index contributed by atoms with van der Waals surface area (Å²) in [6.07, 6.45) is 1.09. The average molecular weight is 377 g/mol. The zero-order valence-electron chi connectivity index (χ0n) is 13.3. The van der Waals surface area contributed by atoms with Gasteiger partial charge in [0, 0.05) is 21.9 Å². The second kappa shape index (κ2) is 8.58. The summed E-state index contributed by atoms with van der Waals surface area (Å²) in [5.74, 6) is 0.650. The fourth-order valence-electron chi connectivity index (χ4n) is 1.95. The minimum absolute atomic E-state index is 0.110. The molecule has 1 unspecified atom stereocenters. The Labute approximate surface area is 145 Å². The predicted octanol–water partition coefficient (Wildman–Crippen LogP) is 4.68. The first-order chi connectivity index (χ1) is 11.1. The highest BCUT2D eigenvalue weighted by Crippen LogP contribution is 2.21. The molecule has 0 bridgehead atoms. The number of halogens is 1. The lowest BCUT2D eigenvalue weighted by molar-refractivity contribution is -0.114. The van der Waals surface area contributed by atoms with Gasteiger partial charge in [-0.15, -0.1) is 0 Å². The number of hydrogen-bond donors (Lipinski definition) is 2. The van der Waals surface area contributed by atoms with Crippen molar-refractivity contribution in [2.24, 2.45) is 0 Å². The van der Waals surface area contributed by atoms with E-state index in [2.05, 4.69) is 33.5 Å². The van der Waals surface area contributed by atoms with E-state index in [1.54, 1.807) is 0 Å². The molecular weight excluding hydrogens is 356 g/mol. The first-order valence-electron chi connectivity index (χ1n) is 7.63. The number of carbonyl (C=O) groups is 1. The highest BCUT2D eigenvalue weighted by Gasteiger charge is 2.06. The molecule has 0 heterocycles. The van der Waals surface area contributed by atoms with Gasteiger partial charge in [0.1, 0.15) is 5.75 Å². The van der Waals surface area contributed by atoms with Crippen LogP contribution in [0.4, 0.5) is 11.4 Å². The van der Waals surface area contributed by atoms with Gasteiger partial charge in [-0.05, 0) is 53.5 Å². The van der Waals surface area contributed by atoms with Crippen LogP contribution in [0.3, 0.4) is 0 Å². The molecule has 122 valence electrons. The molecule has 4 nitrogen and oxygen atoms in total. The fourth-order valence-corrected chi connectivity index (χ4v) is 2.37. The van der Waals surface area contributed by atoms with Crippen LogP contribution >= 0.6 is 15.9 Å². The lowest BCUT2D eigenvalue weighted by atomic mass is 10.2. The van der Waals surface area contributed by atoms with E-state index in [-0.39, 0.29) is 18.6 Å². The Balaban J connectivity index is 1.90. The van der Waals surface area contributed by atoms with E-state index in [4.69, 9.17) is 4.74 Å². The number of para-hydroxylation sites is 1. The lowest BCUT2D eigenvalue weighted by Gasteiger charge is -2.14. The SMILES string of the molecule is CCC(C)Oc1cccc(NC(=O)CNc2ccccc2Br)c1. The Morgan fingerprint density at radius 3 is 2.74 bits per heavy atom. The molecule has 5 heteroatoms. The molecule has 0 radical (unpaired) electrons. The second-order valence-corrected chi connectivity index (χ2v) is 6.10. The van der Waals surface area contributed by atoms with Gasteiger partial charge in [-0.2, -0.15) is 0 Å². The molecule has 0 fully saturated rings. The van der Waals surface area contributed by atoms with Crippen LogP contribution in [0.2, 0.25) is 0 Å². The van der Waals surface area contributed by atoms with Crippen molar-refractivity contribution in [1.82, 2.24) is 0 Å². The van der Waals surface area contributed by atoms with Crippen LogP contribution < -0.4 is 15.4 Å². The Kier molecular flexibility index (Phi) is 6.47. The molecule has 2 aromatic rings. The van der Waals surface area contributed by atoms with Gasteiger partial charge < -0.3 is 15.4 Å². The van der Waals surface area contributed by atoms with E-state index in [9.17, 15) is 4.79 Å². The molecule has 1 amide bonds. The van der Waals surface area contributed by atoms with Crippen molar-refractivity contribution in [2.45, 2.75) is 26.4 Å². The van der Waals surface area contributed by atoms with Crippen molar-refractivity contribution in [3.05, 3.63) is 53.0 Å². The highest BCUT2D eigenvalue weighted by atomic mass is 79.9. The molecule has 23 heavy (non-hydrogen) atoms. The Bertz CT molecular complexity index is 661. The van der Waals surface area contributed by atoms with Crippen LogP contribution in [0.15, 0.2) is 53.0 Å². The number of ether oxygens (including phenoxy) is 1. The van der Waals surface area contributed by atoms with Crippen molar-refractivity contribution in [2.75, 3.05) is 17.2 Å². The average Bonchev–Trinajstić information content (AvgIpc) is 2.54. The van der Waals surface area contributed by atoms with Crippen LogP contribution in [0.1, 0.15) is 20.3 Å². The summed E-state index contributed by atoms with van der Waals surface area (Å²) in [7, 11) is 0. The molecule has 0 saturated heterocycles. The van der Waals surface area contributed by atoms with Gasteiger partial charge in [-0.25, -0.2) is 0 Å². The van der Waals surface area contributed by atoms with E-state index in [0.717, 1.165) is 28.0 Å².